The highest BCUT2D eigenvalue weighted by Crippen LogP contribution is 2.28. The van der Waals surface area contributed by atoms with E-state index in [4.69, 9.17) is 0 Å². The predicted molar refractivity (Wildman–Crippen MR) is 45.9 cm³/mol. The Bertz CT molecular complexity index is 133. The van der Waals surface area contributed by atoms with E-state index in [9.17, 15) is 0 Å². The maximum Gasteiger partial charge on any atom is -0.0233 e. The molecule has 0 N–H and O–H groups in total. The van der Waals surface area contributed by atoms with Crippen LogP contribution in [-0.2, 0) is 0 Å². The van der Waals surface area contributed by atoms with E-state index in [2.05, 4.69) is 26.8 Å². The summed E-state index contributed by atoms with van der Waals surface area (Å²) in [6.45, 7) is 6.95. The molecule has 1 aliphatic rings. The SMILES string of the molecule is CCC1=CC(C)C(C)CC1. The molecule has 1 rings (SSSR count). The van der Waals surface area contributed by atoms with Crippen molar-refractivity contribution in [1.82, 2.24) is 0 Å². The third kappa shape index (κ3) is 1.62. The molecule has 0 nitrogen and oxygen atoms in total. The molecule has 58 valence electrons. The van der Waals surface area contributed by atoms with Gasteiger partial charge in [-0.2, -0.15) is 0 Å². The summed E-state index contributed by atoms with van der Waals surface area (Å²) in [4.78, 5) is 0. The highest BCUT2D eigenvalue weighted by Gasteiger charge is 2.15. The van der Waals surface area contributed by atoms with E-state index in [0.717, 1.165) is 11.8 Å². The first-order chi connectivity index (χ1) is 4.74. The molecule has 0 aliphatic heterocycles. The Balaban J connectivity index is 2.56. The summed E-state index contributed by atoms with van der Waals surface area (Å²) in [5.41, 5.74) is 1.67. The number of hydrogen-bond donors (Lipinski definition) is 0. The second kappa shape index (κ2) is 3.23. The van der Waals surface area contributed by atoms with Crippen LogP contribution in [0.2, 0.25) is 0 Å². The molecule has 0 aromatic rings. The Morgan fingerprint density at radius 1 is 1.50 bits per heavy atom. The van der Waals surface area contributed by atoms with Crippen LogP contribution in [0.4, 0.5) is 0 Å². The Hall–Kier alpha value is -0.260. The van der Waals surface area contributed by atoms with E-state index in [1.165, 1.54) is 19.3 Å². The fourth-order valence-electron chi connectivity index (χ4n) is 1.59. The zero-order valence-electron chi connectivity index (χ0n) is 7.35. The Morgan fingerprint density at radius 3 is 2.70 bits per heavy atom. The molecule has 0 heteroatoms. The largest absolute Gasteiger partial charge is 0.0822 e. The third-order valence-corrected chi connectivity index (χ3v) is 2.77. The van der Waals surface area contributed by atoms with Crippen LogP contribution in [0.15, 0.2) is 11.6 Å². The number of allylic oxidation sites excluding steroid dienone is 2. The highest BCUT2D eigenvalue weighted by atomic mass is 14.2. The average Bonchev–Trinajstić information content (AvgIpc) is 1.95. The zero-order chi connectivity index (χ0) is 7.56. The summed E-state index contributed by atoms with van der Waals surface area (Å²) in [5.74, 6) is 1.74. The van der Waals surface area contributed by atoms with Crippen LogP contribution in [0.5, 0.6) is 0 Å². The van der Waals surface area contributed by atoms with Gasteiger partial charge in [0.25, 0.3) is 0 Å². The zero-order valence-corrected chi connectivity index (χ0v) is 7.35. The molecule has 0 heterocycles. The van der Waals surface area contributed by atoms with Gasteiger partial charge in [-0.1, -0.05) is 32.4 Å². The quantitative estimate of drug-likeness (QED) is 0.487. The molecule has 2 atom stereocenters. The molecule has 0 saturated carbocycles. The minimum Gasteiger partial charge on any atom is -0.0822 e. The first kappa shape index (κ1) is 7.84. The van der Waals surface area contributed by atoms with E-state index in [-0.39, 0.29) is 0 Å². The third-order valence-electron chi connectivity index (χ3n) is 2.77. The van der Waals surface area contributed by atoms with E-state index < -0.39 is 0 Å². The van der Waals surface area contributed by atoms with Gasteiger partial charge in [-0.3, -0.25) is 0 Å². The minimum atomic E-state index is 0.823. The summed E-state index contributed by atoms with van der Waals surface area (Å²) in [5, 5.41) is 0. The van der Waals surface area contributed by atoms with Crippen LogP contribution in [0.25, 0.3) is 0 Å². The van der Waals surface area contributed by atoms with Crippen molar-refractivity contribution in [1.29, 1.82) is 0 Å². The van der Waals surface area contributed by atoms with E-state index in [1.54, 1.807) is 5.57 Å². The second-order valence-corrected chi connectivity index (χ2v) is 3.55. The normalized spacial score (nSPS) is 33.7. The van der Waals surface area contributed by atoms with Gasteiger partial charge in [0, 0.05) is 0 Å². The number of rotatable bonds is 1. The predicted octanol–water partition coefficient (Wildman–Crippen LogP) is 3.39. The Labute approximate surface area is 64.3 Å². The Morgan fingerprint density at radius 2 is 2.20 bits per heavy atom. The minimum absolute atomic E-state index is 0.823. The van der Waals surface area contributed by atoms with Crippen LogP contribution in [-0.4, -0.2) is 0 Å². The molecule has 0 aromatic heterocycles. The molecule has 0 saturated heterocycles. The smallest absolute Gasteiger partial charge is 0.0233 e. The lowest BCUT2D eigenvalue weighted by Crippen LogP contribution is -2.11. The molecular weight excluding hydrogens is 120 g/mol. The Kier molecular flexibility index (Phi) is 2.53. The molecule has 0 bridgehead atoms. The molecule has 1 aliphatic carbocycles. The van der Waals surface area contributed by atoms with Crippen LogP contribution < -0.4 is 0 Å². The first-order valence-corrected chi connectivity index (χ1v) is 4.43. The summed E-state index contributed by atoms with van der Waals surface area (Å²) in [7, 11) is 0. The van der Waals surface area contributed by atoms with Crippen molar-refractivity contribution in [2.45, 2.75) is 40.0 Å². The van der Waals surface area contributed by atoms with Gasteiger partial charge in [-0.25, -0.2) is 0 Å². The molecule has 0 spiro atoms. The van der Waals surface area contributed by atoms with Gasteiger partial charge in [0.1, 0.15) is 0 Å². The molecule has 0 amide bonds. The van der Waals surface area contributed by atoms with Gasteiger partial charge < -0.3 is 0 Å². The van der Waals surface area contributed by atoms with Gasteiger partial charge in [-0.05, 0) is 31.1 Å². The van der Waals surface area contributed by atoms with Crippen molar-refractivity contribution in [2.24, 2.45) is 11.8 Å². The van der Waals surface area contributed by atoms with Crippen molar-refractivity contribution in [3.8, 4) is 0 Å². The van der Waals surface area contributed by atoms with E-state index in [1.807, 2.05) is 0 Å². The van der Waals surface area contributed by atoms with Crippen molar-refractivity contribution >= 4 is 0 Å². The fraction of sp³-hybridized carbons (Fsp3) is 0.800. The molecule has 0 aromatic carbocycles. The van der Waals surface area contributed by atoms with Crippen molar-refractivity contribution in [2.75, 3.05) is 0 Å². The van der Waals surface area contributed by atoms with Crippen LogP contribution in [0.3, 0.4) is 0 Å². The van der Waals surface area contributed by atoms with Crippen LogP contribution >= 0.6 is 0 Å². The summed E-state index contributed by atoms with van der Waals surface area (Å²) < 4.78 is 0. The monoisotopic (exact) mass is 138 g/mol. The molecule has 0 radical (unpaired) electrons. The highest BCUT2D eigenvalue weighted by molar-refractivity contribution is 5.07. The van der Waals surface area contributed by atoms with Gasteiger partial charge in [-0.15, -0.1) is 0 Å². The van der Waals surface area contributed by atoms with Crippen molar-refractivity contribution in [3.05, 3.63) is 11.6 Å². The van der Waals surface area contributed by atoms with E-state index >= 15 is 0 Å². The average molecular weight is 138 g/mol. The van der Waals surface area contributed by atoms with Crippen LogP contribution in [0.1, 0.15) is 40.0 Å². The topological polar surface area (TPSA) is 0 Å². The lowest BCUT2D eigenvalue weighted by atomic mass is 9.82. The number of hydrogen-bond acceptors (Lipinski definition) is 0. The lowest BCUT2D eigenvalue weighted by Gasteiger charge is -2.23. The van der Waals surface area contributed by atoms with Gasteiger partial charge in [0.15, 0.2) is 0 Å². The second-order valence-electron chi connectivity index (χ2n) is 3.55. The maximum absolute atomic E-state index is 2.47. The maximum atomic E-state index is 2.47. The first-order valence-electron chi connectivity index (χ1n) is 4.43. The summed E-state index contributed by atoms with van der Waals surface area (Å²) in [6.07, 6.45) is 6.48. The van der Waals surface area contributed by atoms with Gasteiger partial charge in [0.2, 0.25) is 0 Å². The standard InChI is InChI=1S/C10H18/c1-4-10-6-5-8(2)9(3)7-10/h7-9H,4-6H2,1-3H3. The van der Waals surface area contributed by atoms with Crippen molar-refractivity contribution < 1.29 is 0 Å². The van der Waals surface area contributed by atoms with Crippen LogP contribution in [0, 0.1) is 11.8 Å². The summed E-state index contributed by atoms with van der Waals surface area (Å²) >= 11 is 0. The molecular formula is C10H18. The molecule has 10 heavy (non-hydrogen) atoms. The summed E-state index contributed by atoms with van der Waals surface area (Å²) in [6, 6.07) is 0. The molecule has 2 unspecified atom stereocenters. The van der Waals surface area contributed by atoms with Gasteiger partial charge >= 0.3 is 0 Å². The van der Waals surface area contributed by atoms with Crippen molar-refractivity contribution in [3.63, 3.8) is 0 Å². The lowest BCUT2D eigenvalue weighted by molar-refractivity contribution is 0.401. The van der Waals surface area contributed by atoms with Gasteiger partial charge in [0.05, 0.1) is 0 Å². The molecule has 0 fully saturated rings. The van der Waals surface area contributed by atoms with E-state index in [0.29, 0.717) is 0 Å². The fourth-order valence-corrected chi connectivity index (χ4v) is 1.59.